The highest BCUT2D eigenvalue weighted by molar-refractivity contribution is 6.32. The Labute approximate surface area is 168 Å². The van der Waals surface area contributed by atoms with Crippen molar-refractivity contribution in [2.24, 2.45) is 0 Å². The van der Waals surface area contributed by atoms with E-state index in [2.05, 4.69) is 28.5 Å². The second-order valence-electron chi connectivity index (χ2n) is 6.25. The van der Waals surface area contributed by atoms with Crippen LogP contribution in [0.4, 0.5) is 0 Å². The number of nitrogens with one attached hydrogen (secondary N) is 1. The van der Waals surface area contributed by atoms with Crippen molar-refractivity contribution < 1.29 is 19.8 Å². The minimum atomic E-state index is -1.08. The number of rotatable bonds is 5. The zero-order valence-electron chi connectivity index (χ0n) is 15.4. The van der Waals surface area contributed by atoms with Crippen molar-refractivity contribution in [1.82, 2.24) is 10.3 Å². The molecular weight excluding hydrogens is 380 g/mol. The number of carboxylic acids is 2. The summed E-state index contributed by atoms with van der Waals surface area (Å²) in [6.45, 7) is 2.06. The lowest BCUT2D eigenvalue weighted by Gasteiger charge is -2.11. The predicted octanol–water partition coefficient (Wildman–Crippen LogP) is 3.53. The van der Waals surface area contributed by atoms with Gasteiger partial charge in [0.15, 0.2) is 0 Å². The van der Waals surface area contributed by atoms with Gasteiger partial charge < -0.3 is 15.5 Å². The highest BCUT2D eigenvalue weighted by Crippen LogP contribution is 2.27. The Kier molecular flexibility index (Phi) is 8.65. The summed E-state index contributed by atoms with van der Waals surface area (Å²) in [6.07, 6.45) is 9.34. The van der Waals surface area contributed by atoms with Crippen LogP contribution in [0.25, 0.3) is 12.2 Å². The van der Waals surface area contributed by atoms with Crippen LogP contribution in [0, 0.1) is 0 Å². The number of nitrogens with zero attached hydrogens (tertiary/aromatic N) is 1. The van der Waals surface area contributed by atoms with Gasteiger partial charge in [0.1, 0.15) is 0 Å². The maximum atomic E-state index is 9.64. The van der Waals surface area contributed by atoms with Gasteiger partial charge in [-0.25, -0.2) is 0 Å². The summed E-state index contributed by atoms with van der Waals surface area (Å²) in [5.74, 6) is -2.15. The maximum absolute atomic E-state index is 9.64. The molecule has 0 radical (unpaired) electrons. The van der Waals surface area contributed by atoms with E-state index in [0.717, 1.165) is 42.1 Å². The summed E-state index contributed by atoms with van der Waals surface area (Å²) in [5, 5.41) is 20.1. The number of hydrogen-bond acceptors (Lipinski definition) is 4. The van der Waals surface area contributed by atoms with Crippen LogP contribution >= 0.6 is 11.6 Å². The van der Waals surface area contributed by atoms with Crippen LogP contribution in [-0.4, -0.2) is 40.2 Å². The van der Waals surface area contributed by atoms with E-state index in [0.29, 0.717) is 0 Å². The van der Waals surface area contributed by atoms with Gasteiger partial charge in [0.2, 0.25) is 0 Å². The van der Waals surface area contributed by atoms with Crippen molar-refractivity contribution in [2.45, 2.75) is 25.7 Å². The third-order valence-electron chi connectivity index (χ3n) is 4.23. The van der Waals surface area contributed by atoms with Crippen molar-refractivity contribution in [3.05, 3.63) is 63.9 Å². The van der Waals surface area contributed by atoms with Gasteiger partial charge in [0, 0.05) is 17.4 Å². The molecule has 1 aliphatic heterocycles. The average Bonchev–Trinajstić information content (AvgIpc) is 2.92. The standard InChI is InChI=1S/C17H17ClN2.C4H6O4/c18-17-4-2-14-7-11-20-12-8-15(14)16(17)3-1-13-5-9-19-10-6-13;5-3(6)1-2-4(7)8/h1-6,9-10,20H,7-8,11-12H2;1-2H2,(H,5,6)(H,7,8)/b3-1-;. The maximum Gasteiger partial charge on any atom is 0.303 e. The smallest absolute Gasteiger partial charge is 0.303 e. The first-order chi connectivity index (χ1) is 13.5. The molecule has 7 heteroatoms. The first-order valence-corrected chi connectivity index (χ1v) is 9.38. The quantitative estimate of drug-likeness (QED) is 0.707. The van der Waals surface area contributed by atoms with Crippen molar-refractivity contribution in [2.75, 3.05) is 13.1 Å². The highest BCUT2D eigenvalue weighted by Gasteiger charge is 2.12. The molecule has 2 aromatic rings. The molecule has 2 heterocycles. The first kappa shape index (κ1) is 21.6. The van der Waals surface area contributed by atoms with Crippen molar-refractivity contribution >= 4 is 35.7 Å². The Morgan fingerprint density at radius 3 is 2.29 bits per heavy atom. The molecule has 148 valence electrons. The van der Waals surface area contributed by atoms with Crippen LogP contribution in [0.2, 0.25) is 5.02 Å². The van der Waals surface area contributed by atoms with Gasteiger partial charge in [-0.3, -0.25) is 14.6 Å². The molecule has 0 fully saturated rings. The molecule has 0 aliphatic carbocycles. The summed E-state index contributed by atoms with van der Waals surface area (Å²) in [4.78, 5) is 23.3. The Bertz CT molecular complexity index is 824. The lowest BCUT2D eigenvalue weighted by atomic mass is 9.96. The minimum absolute atomic E-state index is 0.296. The number of pyridine rings is 1. The van der Waals surface area contributed by atoms with Crippen LogP contribution < -0.4 is 5.32 Å². The monoisotopic (exact) mass is 402 g/mol. The average molecular weight is 403 g/mol. The zero-order valence-corrected chi connectivity index (χ0v) is 16.2. The summed E-state index contributed by atoms with van der Waals surface area (Å²) in [6, 6.07) is 8.16. The SMILES string of the molecule is Clc1ccc2c(c1/C=C\c1ccncc1)CCNCC2.O=C(O)CCC(=O)O. The van der Waals surface area contributed by atoms with Gasteiger partial charge in [-0.05, 0) is 66.4 Å². The molecule has 28 heavy (non-hydrogen) atoms. The lowest BCUT2D eigenvalue weighted by molar-refractivity contribution is -0.143. The molecule has 0 bridgehead atoms. The van der Waals surface area contributed by atoms with Gasteiger partial charge in [-0.2, -0.15) is 0 Å². The van der Waals surface area contributed by atoms with E-state index in [4.69, 9.17) is 21.8 Å². The van der Waals surface area contributed by atoms with Crippen LogP contribution in [-0.2, 0) is 22.4 Å². The van der Waals surface area contributed by atoms with Crippen LogP contribution in [0.1, 0.15) is 35.1 Å². The number of carbonyl (C=O) groups is 2. The number of carboxylic acid groups (broad SMARTS) is 2. The Balaban J connectivity index is 0.000000300. The molecule has 3 N–H and O–H groups in total. The summed E-state index contributed by atoms with van der Waals surface area (Å²) in [7, 11) is 0. The van der Waals surface area contributed by atoms with E-state index in [1.807, 2.05) is 18.2 Å². The number of benzene rings is 1. The molecule has 0 saturated heterocycles. The minimum Gasteiger partial charge on any atom is -0.481 e. The number of halogens is 1. The van der Waals surface area contributed by atoms with E-state index in [-0.39, 0.29) is 12.8 Å². The van der Waals surface area contributed by atoms with Gasteiger partial charge in [-0.1, -0.05) is 29.8 Å². The van der Waals surface area contributed by atoms with E-state index < -0.39 is 11.9 Å². The fraction of sp³-hybridized carbons (Fsp3) is 0.286. The van der Waals surface area contributed by atoms with Gasteiger partial charge in [0.25, 0.3) is 0 Å². The molecule has 6 nitrogen and oxygen atoms in total. The fourth-order valence-electron chi connectivity index (χ4n) is 2.82. The van der Waals surface area contributed by atoms with Gasteiger partial charge in [0.05, 0.1) is 12.8 Å². The second-order valence-corrected chi connectivity index (χ2v) is 6.66. The molecule has 1 aliphatic rings. The largest absolute Gasteiger partial charge is 0.481 e. The zero-order chi connectivity index (χ0) is 20.4. The Morgan fingerprint density at radius 2 is 1.64 bits per heavy atom. The van der Waals surface area contributed by atoms with Gasteiger partial charge >= 0.3 is 11.9 Å². The first-order valence-electron chi connectivity index (χ1n) is 9.00. The summed E-state index contributed by atoms with van der Waals surface area (Å²) < 4.78 is 0. The molecule has 0 amide bonds. The summed E-state index contributed by atoms with van der Waals surface area (Å²) in [5.41, 5.74) is 5.09. The third kappa shape index (κ3) is 7.13. The van der Waals surface area contributed by atoms with E-state index in [1.165, 1.54) is 11.1 Å². The van der Waals surface area contributed by atoms with Crippen LogP contribution in [0.5, 0.6) is 0 Å². The normalized spacial score (nSPS) is 13.2. The lowest BCUT2D eigenvalue weighted by Crippen LogP contribution is -2.16. The van der Waals surface area contributed by atoms with Crippen molar-refractivity contribution in [1.29, 1.82) is 0 Å². The fourth-order valence-corrected chi connectivity index (χ4v) is 3.06. The second kappa shape index (κ2) is 11.2. The van der Waals surface area contributed by atoms with Crippen molar-refractivity contribution in [3.8, 4) is 0 Å². The van der Waals surface area contributed by atoms with Crippen LogP contribution in [0.3, 0.4) is 0 Å². The number of fused-ring (bicyclic) bond motifs is 1. The van der Waals surface area contributed by atoms with E-state index in [1.54, 1.807) is 12.4 Å². The molecule has 1 aromatic heterocycles. The number of aromatic nitrogens is 1. The number of aliphatic carboxylic acids is 2. The van der Waals surface area contributed by atoms with Crippen LogP contribution in [0.15, 0.2) is 36.7 Å². The molecule has 0 atom stereocenters. The number of hydrogen-bond donors (Lipinski definition) is 3. The topological polar surface area (TPSA) is 99.5 Å². The molecule has 0 spiro atoms. The predicted molar refractivity (Wildman–Crippen MR) is 109 cm³/mol. The van der Waals surface area contributed by atoms with Crippen molar-refractivity contribution in [3.63, 3.8) is 0 Å². The Hall–Kier alpha value is -2.70. The molecular formula is C21H23ClN2O4. The van der Waals surface area contributed by atoms with E-state index >= 15 is 0 Å². The summed E-state index contributed by atoms with van der Waals surface area (Å²) >= 11 is 6.40. The molecule has 1 aromatic carbocycles. The van der Waals surface area contributed by atoms with E-state index in [9.17, 15) is 9.59 Å². The Morgan fingerprint density at radius 1 is 1.00 bits per heavy atom. The highest BCUT2D eigenvalue weighted by atomic mass is 35.5. The molecule has 3 rings (SSSR count). The molecule has 0 saturated carbocycles. The van der Waals surface area contributed by atoms with Gasteiger partial charge in [-0.15, -0.1) is 0 Å². The molecule has 0 unspecified atom stereocenters. The third-order valence-corrected chi connectivity index (χ3v) is 4.55.